The Morgan fingerprint density at radius 1 is 0.860 bits per heavy atom. The average molecular weight is 590 g/mol. The van der Waals surface area contributed by atoms with Crippen molar-refractivity contribution in [3.63, 3.8) is 0 Å². The fourth-order valence-corrected chi connectivity index (χ4v) is 4.82. The number of piperazine rings is 1. The van der Waals surface area contributed by atoms with Crippen LogP contribution in [0.4, 0.5) is 41.9 Å². The van der Waals surface area contributed by atoms with Crippen molar-refractivity contribution in [2.75, 3.05) is 47.0 Å². The zero-order valence-corrected chi connectivity index (χ0v) is 23.5. The quantitative estimate of drug-likeness (QED) is 0.217. The Bertz CT molecular complexity index is 1620. The van der Waals surface area contributed by atoms with Gasteiger partial charge in [-0.3, -0.25) is 9.59 Å². The molecule has 1 saturated heterocycles. The van der Waals surface area contributed by atoms with E-state index in [0.717, 1.165) is 49.7 Å². The summed E-state index contributed by atoms with van der Waals surface area (Å²) >= 11 is 0. The number of carbonyl (C=O) groups excluding carboxylic acids is 2. The van der Waals surface area contributed by atoms with Crippen molar-refractivity contribution < 1.29 is 22.8 Å². The molecule has 0 radical (unpaired) electrons. The van der Waals surface area contributed by atoms with Crippen LogP contribution in [-0.2, 0) is 6.18 Å². The lowest BCUT2D eigenvalue weighted by Gasteiger charge is -2.29. The van der Waals surface area contributed by atoms with Gasteiger partial charge in [-0.1, -0.05) is 12.1 Å². The third kappa shape index (κ3) is 7.09. The lowest BCUT2D eigenvalue weighted by Crippen LogP contribution is -2.43. The molecule has 2 amide bonds. The number of anilines is 5. The fraction of sp³-hybridized carbons (Fsp3) is 0.226. The van der Waals surface area contributed by atoms with E-state index in [9.17, 15) is 22.8 Å². The average Bonchev–Trinajstić information content (AvgIpc) is 3.00. The number of rotatable bonds is 7. The third-order valence-electron chi connectivity index (χ3n) is 7.12. The van der Waals surface area contributed by atoms with E-state index in [1.54, 1.807) is 26.0 Å². The molecule has 0 unspecified atom stereocenters. The van der Waals surface area contributed by atoms with Gasteiger partial charge in [0, 0.05) is 54.4 Å². The topological polar surface area (TPSA) is 111 Å². The summed E-state index contributed by atoms with van der Waals surface area (Å²) in [6.07, 6.45) is -1.62. The van der Waals surface area contributed by atoms with Crippen LogP contribution in [0.1, 0.15) is 37.4 Å². The van der Waals surface area contributed by atoms with Crippen LogP contribution >= 0.6 is 0 Å². The van der Waals surface area contributed by atoms with Crippen LogP contribution in [0.15, 0.2) is 73.1 Å². The predicted molar refractivity (Wildman–Crippen MR) is 160 cm³/mol. The minimum Gasteiger partial charge on any atom is -0.369 e. The molecule has 0 atom stereocenters. The Morgan fingerprint density at radius 3 is 2.23 bits per heavy atom. The summed E-state index contributed by atoms with van der Waals surface area (Å²) in [5.74, 6) is -0.808. The molecule has 9 nitrogen and oxygen atoms in total. The summed E-state index contributed by atoms with van der Waals surface area (Å²) in [5.41, 5.74) is 2.99. The molecule has 222 valence electrons. The highest BCUT2D eigenvalue weighted by Gasteiger charge is 2.31. The number of aromatic nitrogens is 2. The molecular weight excluding hydrogens is 559 g/mol. The van der Waals surface area contributed by atoms with Crippen molar-refractivity contribution >= 4 is 40.5 Å². The van der Waals surface area contributed by atoms with Gasteiger partial charge in [0.2, 0.25) is 5.95 Å². The van der Waals surface area contributed by atoms with Crippen molar-refractivity contribution in [1.29, 1.82) is 0 Å². The molecule has 1 fully saturated rings. The zero-order chi connectivity index (χ0) is 30.6. The van der Waals surface area contributed by atoms with E-state index in [2.05, 4.69) is 36.1 Å². The molecule has 1 aliphatic rings. The normalized spacial score (nSPS) is 13.4. The Hall–Kier alpha value is -4.97. The molecule has 0 bridgehead atoms. The summed E-state index contributed by atoms with van der Waals surface area (Å²) in [7, 11) is 0. The third-order valence-corrected chi connectivity index (χ3v) is 7.12. The lowest BCUT2D eigenvalue weighted by molar-refractivity contribution is -0.137. The summed E-state index contributed by atoms with van der Waals surface area (Å²) in [6.45, 7) is 7.24. The highest BCUT2D eigenvalue weighted by Crippen LogP contribution is 2.30. The molecule has 1 aromatic heterocycles. The summed E-state index contributed by atoms with van der Waals surface area (Å²) in [6, 6.07) is 15.4. The van der Waals surface area contributed by atoms with Crippen LogP contribution in [-0.4, -0.2) is 48.0 Å². The smallest absolute Gasteiger partial charge is 0.369 e. The second-order valence-electron chi connectivity index (χ2n) is 10.1. The Balaban J connectivity index is 1.24. The van der Waals surface area contributed by atoms with Gasteiger partial charge in [-0.25, -0.2) is 9.97 Å². The molecule has 5 rings (SSSR count). The molecule has 0 saturated carbocycles. The summed E-state index contributed by atoms with van der Waals surface area (Å²) < 4.78 is 39.3. The monoisotopic (exact) mass is 589 g/mol. The number of alkyl halides is 3. The number of benzene rings is 3. The van der Waals surface area contributed by atoms with Crippen molar-refractivity contribution in [1.82, 2.24) is 15.3 Å². The van der Waals surface area contributed by atoms with Gasteiger partial charge in [0.15, 0.2) is 0 Å². The Labute approximate surface area is 246 Å². The van der Waals surface area contributed by atoms with Crippen molar-refractivity contribution in [3.8, 4) is 0 Å². The van der Waals surface area contributed by atoms with E-state index in [0.29, 0.717) is 34.0 Å². The fourth-order valence-electron chi connectivity index (χ4n) is 4.82. The number of halogens is 3. The molecule has 2 heterocycles. The number of hydrogen-bond donors (Lipinski definition) is 4. The number of aryl methyl sites for hydroxylation is 1. The molecule has 43 heavy (non-hydrogen) atoms. The minimum absolute atomic E-state index is 0.151. The van der Waals surface area contributed by atoms with Crippen molar-refractivity contribution in [2.24, 2.45) is 0 Å². The van der Waals surface area contributed by atoms with E-state index >= 15 is 0 Å². The molecule has 1 aliphatic heterocycles. The van der Waals surface area contributed by atoms with Gasteiger partial charge >= 0.3 is 6.18 Å². The van der Waals surface area contributed by atoms with Crippen molar-refractivity contribution in [2.45, 2.75) is 20.0 Å². The van der Waals surface area contributed by atoms with Crippen LogP contribution in [0.5, 0.6) is 0 Å². The number of carbonyl (C=O) groups is 2. The first kappa shape index (κ1) is 29.5. The highest BCUT2D eigenvalue weighted by molar-refractivity contribution is 6.09. The number of amides is 2. The maximum Gasteiger partial charge on any atom is 0.416 e. The van der Waals surface area contributed by atoms with Crippen LogP contribution in [0.3, 0.4) is 0 Å². The predicted octanol–water partition coefficient (Wildman–Crippen LogP) is 5.77. The van der Waals surface area contributed by atoms with Gasteiger partial charge in [-0.2, -0.15) is 13.2 Å². The van der Waals surface area contributed by atoms with Gasteiger partial charge < -0.3 is 26.2 Å². The van der Waals surface area contributed by atoms with E-state index in [-0.39, 0.29) is 5.56 Å². The number of hydrogen-bond acceptors (Lipinski definition) is 7. The first-order valence-corrected chi connectivity index (χ1v) is 13.6. The molecule has 0 aliphatic carbocycles. The highest BCUT2D eigenvalue weighted by atomic mass is 19.4. The maximum absolute atomic E-state index is 13.2. The van der Waals surface area contributed by atoms with Crippen molar-refractivity contribution in [3.05, 3.63) is 101 Å². The zero-order valence-electron chi connectivity index (χ0n) is 23.5. The van der Waals surface area contributed by atoms with E-state index in [1.165, 1.54) is 24.5 Å². The van der Waals surface area contributed by atoms with Gasteiger partial charge in [0.05, 0.1) is 23.6 Å². The first-order valence-electron chi connectivity index (χ1n) is 13.6. The Kier molecular flexibility index (Phi) is 8.58. The lowest BCUT2D eigenvalue weighted by atomic mass is 9.99. The second kappa shape index (κ2) is 12.5. The van der Waals surface area contributed by atoms with Crippen LogP contribution in [0.2, 0.25) is 0 Å². The molecule has 12 heteroatoms. The molecular formula is C31H30F3N7O2. The van der Waals surface area contributed by atoms with Gasteiger partial charge in [0.25, 0.3) is 11.8 Å². The number of nitrogens with zero attached hydrogens (tertiary/aromatic N) is 3. The summed E-state index contributed by atoms with van der Waals surface area (Å²) in [4.78, 5) is 36.9. The summed E-state index contributed by atoms with van der Waals surface area (Å²) in [5, 5.41) is 11.9. The maximum atomic E-state index is 13.2. The number of nitrogens with one attached hydrogen (secondary N) is 4. The SMILES string of the molecule is Cc1ccc(NC(=O)c2cccc(C(F)(F)F)c2)c(C)c1C(=O)Nc1cnc(Nc2ccc(N3CCNCC3)cc2)nc1. The largest absolute Gasteiger partial charge is 0.416 e. The van der Waals surface area contributed by atoms with E-state index < -0.39 is 23.6 Å². The molecule has 3 aromatic carbocycles. The van der Waals surface area contributed by atoms with Crippen LogP contribution < -0.4 is 26.2 Å². The van der Waals surface area contributed by atoms with Gasteiger partial charge in [0.1, 0.15) is 0 Å². The van der Waals surface area contributed by atoms with Crippen LogP contribution in [0.25, 0.3) is 0 Å². The first-order chi connectivity index (χ1) is 20.6. The second-order valence-corrected chi connectivity index (χ2v) is 10.1. The van der Waals surface area contributed by atoms with Crippen LogP contribution in [0, 0.1) is 13.8 Å². The van der Waals surface area contributed by atoms with E-state index in [1.807, 2.05) is 24.3 Å². The van der Waals surface area contributed by atoms with Gasteiger partial charge in [-0.15, -0.1) is 0 Å². The Morgan fingerprint density at radius 2 is 1.56 bits per heavy atom. The minimum atomic E-state index is -4.57. The van der Waals surface area contributed by atoms with Gasteiger partial charge in [-0.05, 0) is 73.5 Å². The molecule has 4 aromatic rings. The standard InChI is InChI=1S/C31H30F3N7O2/c1-19-6-11-26(40-28(42)21-4-3-5-22(16-21)31(32,33)34)20(2)27(19)29(43)38-24-17-36-30(37-18-24)39-23-7-9-25(10-8-23)41-14-12-35-13-15-41/h3-11,16-18,35H,12-15H2,1-2H3,(H,38,43)(H,40,42)(H,36,37,39). The molecule has 4 N–H and O–H groups in total. The molecule has 0 spiro atoms. The van der Waals surface area contributed by atoms with E-state index in [4.69, 9.17) is 0 Å².